The fourth-order valence-corrected chi connectivity index (χ4v) is 2.82. The molecule has 0 spiro atoms. The average molecular weight is 375 g/mol. The minimum absolute atomic E-state index is 0.0310. The Kier molecular flexibility index (Phi) is 4.72. The molecule has 2 aromatic carbocycles. The lowest BCUT2D eigenvalue weighted by molar-refractivity contribution is -0.145. The third-order valence-corrected chi connectivity index (χ3v) is 4.31. The Labute approximate surface area is 160 Å². The van der Waals surface area contributed by atoms with Gasteiger partial charge in [0.1, 0.15) is 24.6 Å². The Morgan fingerprint density at radius 1 is 1.11 bits per heavy atom. The highest BCUT2D eigenvalue weighted by Gasteiger charge is 2.14. The highest BCUT2D eigenvalue weighted by Crippen LogP contribution is 2.21. The van der Waals surface area contributed by atoms with Crippen LogP contribution >= 0.6 is 0 Å². The van der Waals surface area contributed by atoms with E-state index >= 15 is 0 Å². The molecule has 28 heavy (non-hydrogen) atoms. The normalized spacial score (nSPS) is 10.9. The lowest BCUT2D eigenvalue weighted by Gasteiger charge is -2.06. The van der Waals surface area contributed by atoms with Gasteiger partial charge in [0.2, 0.25) is 5.89 Å². The number of para-hydroxylation sites is 1. The Morgan fingerprint density at radius 3 is 2.68 bits per heavy atom. The van der Waals surface area contributed by atoms with Crippen LogP contribution in [0.4, 0.5) is 0 Å². The van der Waals surface area contributed by atoms with Crippen molar-refractivity contribution >= 4 is 16.9 Å². The molecule has 0 saturated heterocycles. The number of fused-ring (bicyclic) bond motifs is 1. The van der Waals surface area contributed by atoms with Crippen molar-refractivity contribution in [1.29, 1.82) is 0 Å². The van der Waals surface area contributed by atoms with Gasteiger partial charge in [-0.2, -0.15) is 0 Å². The maximum Gasteiger partial charge on any atom is 0.326 e. The highest BCUT2D eigenvalue weighted by atomic mass is 16.5. The number of aromatic nitrogens is 3. The molecule has 0 saturated carbocycles. The molecular weight excluding hydrogens is 358 g/mol. The zero-order chi connectivity index (χ0) is 19.5. The number of oxazole rings is 1. The molecule has 0 radical (unpaired) electrons. The summed E-state index contributed by atoms with van der Waals surface area (Å²) in [7, 11) is 0. The van der Waals surface area contributed by atoms with E-state index in [1.165, 1.54) is 10.9 Å². The molecule has 7 heteroatoms. The van der Waals surface area contributed by atoms with Crippen LogP contribution < -0.4 is 5.56 Å². The van der Waals surface area contributed by atoms with E-state index in [9.17, 15) is 9.59 Å². The van der Waals surface area contributed by atoms with Crippen LogP contribution in [-0.4, -0.2) is 20.5 Å². The first-order valence-electron chi connectivity index (χ1n) is 8.73. The van der Waals surface area contributed by atoms with E-state index in [0.717, 1.165) is 5.56 Å². The van der Waals surface area contributed by atoms with Crippen molar-refractivity contribution in [2.24, 2.45) is 0 Å². The van der Waals surface area contributed by atoms with Gasteiger partial charge in [-0.3, -0.25) is 14.2 Å². The summed E-state index contributed by atoms with van der Waals surface area (Å²) in [6.07, 6.45) is 1.35. The SMILES string of the molecule is Cc1oc(-c2ccccc2)nc1COC(=O)Cn1cnc2ccccc2c1=O. The van der Waals surface area contributed by atoms with Crippen LogP contribution in [0.5, 0.6) is 0 Å². The van der Waals surface area contributed by atoms with Gasteiger partial charge in [-0.1, -0.05) is 30.3 Å². The first-order chi connectivity index (χ1) is 13.6. The summed E-state index contributed by atoms with van der Waals surface area (Å²) >= 11 is 0. The van der Waals surface area contributed by atoms with Crippen LogP contribution in [-0.2, 0) is 22.7 Å². The summed E-state index contributed by atoms with van der Waals surface area (Å²) in [6.45, 7) is 1.51. The summed E-state index contributed by atoms with van der Waals surface area (Å²) in [4.78, 5) is 33.2. The molecule has 4 aromatic rings. The van der Waals surface area contributed by atoms with E-state index in [4.69, 9.17) is 9.15 Å². The lowest BCUT2D eigenvalue weighted by atomic mass is 10.2. The Bertz CT molecular complexity index is 1200. The summed E-state index contributed by atoms with van der Waals surface area (Å²) < 4.78 is 12.2. The maximum absolute atomic E-state index is 12.4. The van der Waals surface area contributed by atoms with Gasteiger partial charge in [-0.25, -0.2) is 9.97 Å². The van der Waals surface area contributed by atoms with Crippen molar-refractivity contribution in [2.75, 3.05) is 0 Å². The van der Waals surface area contributed by atoms with Crippen molar-refractivity contribution in [1.82, 2.24) is 14.5 Å². The van der Waals surface area contributed by atoms with E-state index in [1.807, 2.05) is 30.3 Å². The fourth-order valence-electron chi connectivity index (χ4n) is 2.82. The summed E-state index contributed by atoms with van der Waals surface area (Å²) in [5, 5.41) is 0.456. The van der Waals surface area contributed by atoms with E-state index in [2.05, 4.69) is 9.97 Å². The summed E-state index contributed by atoms with van der Waals surface area (Å²) in [5.74, 6) is 0.498. The quantitative estimate of drug-likeness (QED) is 0.498. The smallest absolute Gasteiger partial charge is 0.326 e. The fraction of sp³-hybridized carbons (Fsp3) is 0.143. The molecule has 0 bridgehead atoms. The van der Waals surface area contributed by atoms with Crippen LogP contribution in [0.1, 0.15) is 11.5 Å². The molecule has 0 unspecified atom stereocenters. The number of hydrogen-bond acceptors (Lipinski definition) is 6. The molecule has 0 fully saturated rings. The van der Waals surface area contributed by atoms with Gasteiger partial charge in [0.05, 0.1) is 17.2 Å². The molecule has 140 valence electrons. The molecule has 0 atom stereocenters. The number of benzene rings is 2. The summed E-state index contributed by atoms with van der Waals surface area (Å²) in [5.41, 5.74) is 1.68. The van der Waals surface area contributed by atoms with Crippen LogP contribution in [0.15, 0.2) is 70.1 Å². The summed E-state index contributed by atoms with van der Waals surface area (Å²) in [6, 6.07) is 16.5. The first-order valence-corrected chi connectivity index (χ1v) is 8.73. The number of aryl methyl sites for hydroxylation is 1. The molecular formula is C21H17N3O4. The molecule has 4 rings (SSSR count). The number of ether oxygens (including phenoxy) is 1. The average Bonchev–Trinajstić information content (AvgIpc) is 3.10. The zero-order valence-electron chi connectivity index (χ0n) is 15.2. The Hall–Kier alpha value is -3.74. The van der Waals surface area contributed by atoms with Crippen molar-refractivity contribution in [3.05, 3.63) is 82.7 Å². The van der Waals surface area contributed by atoms with Crippen molar-refractivity contribution in [3.8, 4) is 11.5 Å². The zero-order valence-corrected chi connectivity index (χ0v) is 15.2. The number of hydrogen-bond donors (Lipinski definition) is 0. The van der Waals surface area contributed by atoms with Crippen molar-refractivity contribution < 1.29 is 13.9 Å². The Morgan fingerprint density at radius 2 is 1.86 bits per heavy atom. The third-order valence-electron chi connectivity index (χ3n) is 4.31. The van der Waals surface area contributed by atoms with Crippen LogP contribution in [0, 0.1) is 6.92 Å². The molecule has 0 aliphatic carbocycles. The predicted molar refractivity (Wildman–Crippen MR) is 102 cm³/mol. The topological polar surface area (TPSA) is 87.2 Å². The molecule has 0 amide bonds. The monoisotopic (exact) mass is 375 g/mol. The number of nitrogens with zero attached hydrogens (tertiary/aromatic N) is 3. The molecule has 0 aliphatic rings. The lowest BCUT2D eigenvalue weighted by Crippen LogP contribution is -2.25. The van der Waals surface area contributed by atoms with Crippen LogP contribution in [0.2, 0.25) is 0 Å². The molecule has 7 nitrogen and oxygen atoms in total. The van der Waals surface area contributed by atoms with Crippen LogP contribution in [0.3, 0.4) is 0 Å². The minimum Gasteiger partial charge on any atom is -0.458 e. The van der Waals surface area contributed by atoms with Gasteiger partial charge in [-0.05, 0) is 31.2 Å². The number of esters is 1. The van der Waals surface area contributed by atoms with E-state index in [1.54, 1.807) is 31.2 Å². The number of carbonyl (C=O) groups is 1. The van der Waals surface area contributed by atoms with Gasteiger partial charge < -0.3 is 9.15 Å². The second kappa shape index (κ2) is 7.48. The molecule has 0 N–H and O–H groups in total. The maximum atomic E-state index is 12.4. The molecule has 2 heterocycles. The molecule has 0 aliphatic heterocycles. The van der Waals surface area contributed by atoms with Gasteiger partial charge >= 0.3 is 5.97 Å². The van der Waals surface area contributed by atoms with Gasteiger partial charge in [-0.15, -0.1) is 0 Å². The molecule has 2 aromatic heterocycles. The number of rotatable bonds is 5. The van der Waals surface area contributed by atoms with E-state index in [0.29, 0.717) is 28.2 Å². The van der Waals surface area contributed by atoms with Gasteiger partial charge in [0.25, 0.3) is 5.56 Å². The van der Waals surface area contributed by atoms with E-state index in [-0.39, 0.29) is 18.7 Å². The minimum atomic E-state index is -0.553. The second-order valence-electron chi connectivity index (χ2n) is 6.24. The number of carbonyl (C=O) groups excluding carboxylic acids is 1. The second-order valence-corrected chi connectivity index (χ2v) is 6.24. The Balaban J connectivity index is 1.45. The van der Waals surface area contributed by atoms with Crippen molar-refractivity contribution in [3.63, 3.8) is 0 Å². The van der Waals surface area contributed by atoms with Gasteiger partial charge in [0, 0.05) is 5.56 Å². The largest absolute Gasteiger partial charge is 0.458 e. The van der Waals surface area contributed by atoms with Gasteiger partial charge in [0.15, 0.2) is 0 Å². The third kappa shape index (κ3) is 3.55. The van der Waals surface area contributed by atoms with Crippen LogP contribution in [0.25, 0.3) is 22.4 Å². The van der Waals surface area contributed by atoms with E-state index < -0.39 is 5.97 Å². The first kappa shape index (κ1) is 17.7. The predicted octanol–water partition coefficient (Wildman–Crippen LogP) is 3.10. The van der Waals surface area contributed by atoms with Crippen molar-refractivity contribution in [2.45, 2.75) is 20.1 Å². The highest BCUT2D eigenvalue weighted by molar-refractivity contribution is 5.77. The standard InChI is InChI=1S/C21H17N3O4/c1-14-18(23-20(28-14)15-7-3-2-4-8-15)12-27-19(25)11-24-13-22-17-10-6-5-9-16(17)21(24)26/h2-10,13H,11-12H2,1H3.